The Morgan fingerprint density at radius 1 is 1.29 bits per heavy atom. The molecule has 0 fully saturated rings. The molecule has 6 nitrogen and oxygen atoms in total. The van der Waals surface area contributed by atoms with E-state index in [1.54, 1.807) is 12.3 Å². The predicted octanol–water partition coefficient (Wildman–Crippen LogP) is 4.65. The maximum atomic E-state index is 13.2. The minimum atomic E-state index is -1.23. The van der Waals surface area contributed by atoms with Crippen LogP contribution in [0, 0.1) is 5.92 Å². The number of fused-ring (bicyclic) bond motifs is 1. The number of amides is 2. The molecular formula is C22H33N3O3. The van der Waals surface area contributed by atoms with Crippen LogP contribution in [0.1, 0.15) is 78.0 Å². The number of rotatable bonds is 6. The molecular weight excluding hydrogens is 354 g/mol. The molecule has 1 aliphatic heterocycles. The number of imide groups is 1. The van der Waals surface area contributed by atoms with Crippen molar-refractivity contribution in [1.82, 2.24) is 5.43 Å². The fourth-order valence-electron chi connectivity index (χ4n) is 4.07. The van der Waals surface area contributed by atoms with Gasteiger partial charge >= 0.3 is 6.09 Å². The van der Waals surface area contributed by atoms with Gasteiger partial charge in [-0.2, -0.15) is 5.10 Å². The quantitative estimate of drug-likeness (QED) is 0.550. The van der Waals surface area contributed by atoms with Crippen LogP contribution in [0.2, 0.25) is 0 Å². The number of nitrogens with zero attached hydrogens (tertiary/aromatic N) is 2. The van der Waals surface area contributed by atoms with E-state index in [0.717, 1.165) is 28.1 Å². The molecule has 1 aromatic carbocycles. The van der Waals surface area contributed by atoms with E-state index in [1.165, 1.54) is 0 Å². The van der Waals surface area contributed by atoms with Gasteiger partial charge in [-0.25, -0.2) is 9.69 Å². The van der Waals surface area contributed by atoms with Crippen LogP contribution in [-0.2, 0) is 15.6 Å². The third-order valence-corrected chi connectivity index (χ3v) is 5.49. The van der Waals surface area contributed by atoms with E-state index in [2.05, 4.69) is 45.1 Å². The summed E-state index contributed by atoms with van der Waals surface area (Å²) in [5, 5.41) is 14.1. The highest BCUT2D eigenvalue weighted by Gasteiger charge is 2.53. The zero-order chi connectivity index (χ0) is 21.3. The minimum Gasteiger partial charge on any atom is -0.464 e. The summed E-state index contributed by atoms with van der Waals surface area (Å²) in [6, 6.07) is 3.61. The van der Waals surface area contributed by atoms with Crippen LogP contribution in [0.3, 0.4) is 0 Å². The highest BCUT2D eigenvalue weighted by Crippen LogP contribution is 2.51. The van der Waals surface area contributed by atoms with Gasteiger partial charge in [0.25, 0.3) is 0 Å². The Labute approximate surface area is 168 Å². The number of benzene rings is 1. The number of carbonyl (C=O) groups is 2. The molecule has 0 atom stereocenters. The van der Waals surface area contributed by atoms with Crippen molar-refractivity contribution in [3.8, 4) is 0 Å². The Morgan fingerprint density at radius 3 is 2.36 bits per heavy atom. The number of anilines is 1. The first kappa shape index (κ1) is 21.9. The van der Waals surface area contributed by atoms with Gasteiger partial charge in [-0.1, -0.05) is 54.5 Å². The zero-order valence-corrected chi connectivity index (χ0v) is 18.1. The van der Waals surface area contributed by atoms with E-state index in [-0.39, 0.29) is 11.3 Å². The van der Waals surface area contributed by atoms with Crippen LogP contribution in [-0.4, -0.2) is 29.9 Å². The molecule has 0 unspecified atom stereocenters. The second-order valence-electron chi connectivity index (χ2n) is 8.90. The summed E-state index contributed by atoms with van der Waals surface area (Å²) < 4.78 is 0. The lowest BCUT2D eigenvalue weighted by Crippen LogP contribution is -2.42. The standard InChI is InChI=1S/C22H33N3O3/c1-8-22(9-2)18-16(25(19(22)26)20(27)28)11-10-15(17(18)21(5,6)7)13-24-23-12-14(3)4/h10-11,13-14,23H,8-9,12H2,1-7H3,(H,27,28)/b24-13+. The van der Waals surface area contributed by atoms with Crippen LogP contribution in [0.15, 0.2) is 17.2 Å². The summed E-state index contributed by atoms with van der Waals surface area (Å²) in [5.74, 6) is 0.131. The number of carbonyl (C=O) groups excluding carboxylic acids is 1. The van der Waals surface area contributed by atoms with Crippen molar-refractivity contribution < 1.29 is 14.7 Å². The number of hydrogen-bond acceptors (Lipinski definition) is 4. The van der Waals surface area contributed by atoms with E-state index in [4.69, 9.17) is 0 Å². The van der Waals surface area contributed by atoms with E-state index >= 15 is 0 Å². The first-order chi connectivity index (χ1) is 13.0. The molecule has 1 aromatic rings. The second kappa shape index (κ2) is 7.94. The van der Waals surface area contributed by atoms with Gasteiger partial charge in [0, 0.05) is 6.54 Å². The molecule has 0 bridgehead atoms. The molecule has 0 saturated heterocycles. The van der Waals surface area contributed by atoms with Crippen LogP contribution in [0.4, 0.5) is 10.5 Å². The van der Waals surface area contributed by atoms with Gasteiger partial charge in [-0.3, -0.25) is 4.79 Å². The molecule has 0 aromatic heterocycles. The predicted molar refractivity (Wildman–Crippen MR) is 113 cm³/mol. The minimum absolute atomic E-state index is 0.283. The molecule has 0 saturated carbocycles. The lowest BCUT2D eigenvalue weighted by molar-refractivity contribution is -0.123. The Kier molecular flexibility index (Phi) is 6.21. The fraction of sp³-hybridized carbons (Fsp3) is 0.591. The van der Waals surface area contributed by atoms with Crippen molar-refractivity contribution in [2.45, 2.75) is 72.1 Å². The zero-order valence-electron chi connectivity index (χ0n) is 18.1. The van der Waals surface area contributed by atoms with E-state index in [0.29, 0.717) is 24.4 Å². The van der Waals surface area contributed by atoms with Crippen molar-refractivity contribution in [2.75, 3.05) is 11.4 Å². The largest absolute Gasteiger partial charge is 0.464 e. The monoisotopic (exact) mass is 387 g/mol. The Morgan fingerprint density at radius 2 is 1.89 bits per heavy atom. The molecule has 2 rings (SSSR count). The van der Waals surface area contributed by atoms with Crippen molar-refractivity contribution in [1.29, 1.82) is 0 Å². The first-order valence-corrected chi connectivity index (χ1v) is 10.0. The van der Waals surface area contributed by atoms with Gasteiger partial charge < -0.3 is 10.5 Å². The molecule has 0 spiro atoms. The van der Waals surface area contributed by atoms with Crippen LogP contribution < -0.4 is 10.3 Å². The van der Waals surface area contributed by atoms with Crippen LogP contribution >= 0.6 is 0 Å². The normalized spacial score (nSPS) is 16.1. The van der Waals surface area contributed by atoms with Crippen LogP contribution in [0.5, 0.6) is 0 Å². The molecule has 2 amide bonds. The number of nitrogens with one attached hydrogen (secondary N) is 1. The molecule has 1 aliphatic rings. The van der Waals surface area contributed by atoms with E-state index in [1.807, 2.05) is 19.9 Å². The van der Waals surface area contributed by atoms with Gasteiger partial charge in [-0.15, -0.1) is 0 Å². The van der Waals surface area contributed by atoms with E-state index in [9.17, 15) is 14.7 Å². The van der Waals surface area contributed by atoms with Crippen molar-refractivity contribution >= 4 is 23.9 Å². The first-order valence-electron chi connectivity index (χ1n) is 10.0. The van der Waals surface area contributed by atoms with Crippen LogP contribution in [0.25, 0.3) is 0 Å². The summed E-state index contributed by atoms with van der Waals surface area (Å²) >= 11 is 0. The summed E-state index contributed by atoms with van der Waals surface area (Å²) in [5.41, 5.74) is 5.17. The Balaban J connectivity index is 2.75. The molecule has 1 heterocycles. The average molecular weight is 388 g/mol. The molecule has 0 radical (unpaired) electrons. The van der Waals surface area contributed by atoms with Crippen molar-refractivity contribution in [2.24, 2.45) is 11.0 Å². The molecule has 2 N–H and O–H groups in total. The number of hydrazone groups is 1. The lowest BCUT2D eigenvalue weighted by atomic mass is 9.69. The summed E-state index contributed by atoms with van der Waals surface area (Å²) in [4.78, 5) is 26.0. The third-order valence-electron chi connectivity index (χ3n) is 5.49. The SMILES string of the molecule is CCC1(CC)C(=O)N(C(=O)O)c2ccc(/C=N/NCC(C)C)c(C(C)(C)C)c21. The third kappa shape index (κ3) is 3.64. The van der Waals surface area contributed by atoms with Gasteiger partial charge in [0.2, 0.25) is 5.91 Å². The maximum absolute atomic E-state index is 13.2. The Bertz CT molecular complexity index is 787. The summed E-state index contributed by atoms with van der Waals surface area (Å²) in [6.45, 7) is 15.2. The maximum Gasteiger partial charge on any atom is 0.418 e. The van der Waals surface area contributed by atoms with Crippen molar-refractivity contribution in [3.63, 3.8) is 0 Å². The van der Waals surface area contributed by atoms with Gasteiger partial charge in [0.1, 0.15) is 0 Å². The second-order valence-corrected chi connectivity index (χ2v) is 8.90. The summed E-state index contributed by atoms with van der Waals surface area (Å²) in [7, 11) is 0. The molecule has 154 valence electrons. The highest BCUT2D eigenvalue weighted by atomic mass is 16.4. The number of carboxylic acid groups (broad SMARTS) is 1. The topological polar surface area (TPSA) is 82.0 Å². The summed E-state index contributed by atoms with van der Waals surface area (Å²) in [6.07, 6.45) is 1.66. The fourth-order valence-corrected chi connectivity index (χ4v) is 4.07. The number of hydrogen-bond donors (Lipinski definition) is 2. The van der Waals surface area contributed by atoms with Gasteiger partial charge in [0.15, 0.2) is 0 Å². The highest BCUT2D eigenvalue weighted by molar-refractivity contribution is 6.21. The molecule has 6 heteroatoms. The average Bonchev–Trinajstić information content (AvgIpc) is 2.85. The molecule has 28 heavy (non-hydrogen) atoms. The van der Waals surface area contributed by atoms with E-state index < -0.39 is 11.5 Å². The van der Waals surface area contributed by atoms with Gasteiger partial charge in [0.05, 0.1) is 17.3 Å². The van der Waals surface area contributed by atoms with Crippen molar-refractivity contribution in [3.05, 3.63) is 28.8 Å². The smallest absolute Gasteiger partial charge is 0.418 e. The van der Waals surface area contributed by atoms with Gasteiger partial charge in [-0.05, 0) is 46.9 Å². The lowest BCUT2D eigenvalue weighted by Gasteiger charge is -2.32. The Hall–Kier alpha value is -2.37. The molecule has 0 aliphatic carbocycles.